The monoisotopic (exact) mass is 404 g/mol. The van der Waals surface area contributed by atoms with Gasteiger partial charge in [-0.15, -0.1) is 0 Å². The Bertz CT molecular complexity index is 790. The molecular formula is C23H32O6. The molecule has 29 heavy (non-hydrogen) atoms. The average Bonchev–Trinajstić information content (AvgIpc) is 3.37. The van der Waals surface area contributed by atoms with Gasteiger partial charge >= 0.3 is 5.97 Å². The molecule has 0 bridgehead atoms. The predicted molar refractivity (Wildman–Crippen MR) is 106 cm³/mol. The SMILES string of the molecule is COC(=O)[C@@]1(C)CC2(CC3=C1CC[C@@H](C)[C@]3(C)C[C@@H](O)c1ccoc1)OCCO2. The van der Waals surface area contributed by atoms with Crippen molar-refractivity contribution in [2.75, 3.05) is 20.3 Å². The van der Waals surface area contributed by atoms with E-state index in [2.05, 4.69) is 13.8 Å². The van der Waals surface area contributed by atoms with E-state index >= 15 is 0 Å². The topological polar surface area (TPSA) is 78.1 Å². The summed E-state index contributed by atoms with van der Waals surface area (Å²) >= 11 is 0. The molecule has 1 N–H and O–H groups in total. The van der Waals surface area contributed by atoms with Crippen molar-refractivity contribution in [3.63, 3.8) is 0 Å². The van der Waals surface area contributed by atoms with Crippen LogP contribution in [-0.4, -0.2) is 37.2 Å². The van der Waals surface area contributed by atoms with Crippen LogP contribution in [0.15, 0.2) is 34.2 Å². The zero-order chi connectivity index (χ0) is 20.9. The number of furan rings is 1. The van der Waals surface area contributed by atoms with E-state index in [1.165, 1.54) is 12.7 Å². The zero-order valence-electron chi connectivity index (χ0n) is 17.8. The van der Waals surface area contributed by atoms with Crippen LogP contribution in [0.3, 0.4) is 0 Å². The van der Waals surface area contributed by atoms with E-state index < -0.39 is 17.3 Å². The standard InChI is InChI=1S/C23H32O6/c1-15-5-6-17-18(21(15,2)12-19(24)16-7-8-27-13-16)11-23(28-9-10-29-23)14-22(17,3)20(25)26-4/h7-8,13,15,19,24H,5-6,9-12,14H2,1-4H3/t15-,19-,21+,22+/m1/s1. The summed E-state index contributed by atoms with van der Waals surface area (Å²) in [7, 11) is 1.44. The van der Waals surface area contributed by atoms with E-state index in [1.807, 2.05) is 6.92 Å². The van der Waals surface area contributed by atoms with E-state index in [4.69, 9.17) is 18.6 Å². The van der Waals surface area contributed by atoms with Crippen molar-refractivity contribution in [2.45, 2.75) is 64.8 Å². The highest BCUT2D eigenvalue weighted by Crippen LogP contribution is 2.61. The summed E-state index contributed by atoms with van der Waals surface area (Å²) in [5, 5.41) is 10.9. The minimum Gasteiger partial charge on any atom is -0.472 e. The fourth-order valence-electron chi connectivity index (χ4n) is 5.80. The quantitative estimate of drug-likeness (QED) is 0.600. The van der Waals surface area contributed by atoms with Crippen LogP contribution in [0.1, 0.15) is 64.5 Å². The molecule has 1 fully saturated rings. The van der Waals surface area contributed by atoms with Gasteiger partial charge in [0.05, 0.1) is 44.4 Å². The molecule has 6 heteroatoms. The lowest BCUT2D eigenvalue weighted by molar-refractivity contribution is -0.195. The smallest absolute Gasteiger partial charge is 0.315 e. The predicted octanol–water partition coefficient (Wildman–Crippen LogP) is 4.15. The summed E-state index contributed by atoms with van der Waals surface area (Å²) < 4.78 is 22.6. The fraction of sp³-hybridized carbons (Fsp3) is 0.696. The number of methoxy groups -OCH3 is 1. The molecule has 4 rings (SSSR count). The Morgan fingerprint density at radius 3 is 2.66 bits per heavy atom. The van der Waals surface area contributed by atoms with Gasteiger partial charge in [0.25, 0.3) is 0 Å². The van der Waals surface area contributed by atoms with Crippen molar-refractivity contribution >= 4 is 5.97 Å². The van der Waals surface area contributed by atoms with Crippen LogP contribution in [0.25, 0.3) is 0 Å². The van der Waals surface area contributed by atoms with Gasteiger partial charge in [-0.3, -0.25) is 4.79 Å². The Labute approximate surface area is 172 Å². The molecule has 1 spiro atoms. The van der Waals surface area contributed by atoms with Gasteiger partial charge in [0, 0.05) is 18.4 Å². The highest BCUT2D eigenvalue weighted by atomic mass is 16.7. The summed E-state index contributed by atoms with van der Waals surface area (Å²) in [5.74, 6) is -0.683. The number of aliphatic hydroxyl groups is 1. The molecule has 1 aromatic heterocycles. The maximum atomic E-state index is 13.0. The van der Waals surface area contributed by atoms with Gasteiger partial charge in [-0.05, 0) is 43.6 Å². The van der Waals surface area contributed by atoms with Gasteiger partial charge in [0.1, 0.15) is 0 Å². The lowest BCUT2D eigenvalue weighted by Gasteiger charge is -2.53. The average molecular weight is 405 g/mol. The van der Waals surface area contributed by atoms with Crippen LogP contribution in [0.4, 0.5) is 0 Å². The first-order valence-corrected chi connectivity index (χ1v) is 10.5. The second-order valence-corrected chi connectivity index (χ2v) is 9.38. The van der Waals surface area contributed by atoms with Crippen LogP contribution in [-0.2, 0) is 19.0 Å². The minimum absolute atomic E-state index is 0.240. The lowest BCUT2D eigenvalue weighted by Crippen LogP contribution is -2.51. The molecule has 1 saturated heterocycles. The molecule has 2 aliphatic carbocycles. The molecule has 1 aromatic rings. The van der Waals surface area contributed by atoms with Crippen molar-refractivity contribution in [1.29, 1.82) is 0 Å². The van der Waals surface area contributed by atoms with Gasteiger partial charge in [0.15, 0.2) is 5.79 Å². The Kier molecular flexibility index (Phi) is 5.16. The van der Waals surface area contributed by atoms with Crippen molar-refractivity contribution in [3.05, 3.63) is 35.3 Å². The van der Waals surface area contributed by atoms with Crippen molar-refractivity contribution in [3.8, 4) is 0 Å². The van der Waals surface area contributed by atoms with Crippen molar-refractivity contribution in [1.82, 2.24) is 0 Å². The molecule has 4 atom stereocenters. The van der Waals surface area contributed by atoms with Crippen LogP contribution < -0.4 is 0 Å². The molecule has 160 valence electrons. The van der Waals surface area contributed by atoms with E-state index in [9.17, 15) is 9.90 Å². The normalized spacial score (nSPS) is 34.9. The van der Waals surface area contributed by atoms with Crippen LogP contribution in [0.5, 0.6) is 0 Å². The molecule has 1 aliphatic heterocycles. The number of aliphatic hydroxyl groups excluding tert-OH is 1. The zero-order valence-corrected chi connectivity index (χ0v) is 17.8. The first-order valence-electron chi connectivity index (χ1n) is 10.5. The van der Waals surface area contributed by atoms with Crippen molar-refractivity contribution in [2.24, 2.45) is 16.7 Å². The minimum atomic E-state index is -0.791. The molecule has 0 amide bonds. The number of carbonyl (C=O) groups is 1. The van der Waals surface area contributed by atoms with Crippen LogP contribution in [0, 0.1) is 16.7 Å². The molecule has 6 nitrogen and oxygen atoms in total. The lowest BCUT2D eigenvalue weighted by atomic mass is 9.53. The largest absolute Gasteiger partial charge is 0.472 e. The van der Waals surface area contributed by atoms with Gasteiger partial charge in [-0.1, -0.05) is 25.0 Å². The number of hydrogen-bond donors (Lipinski definition) is 1. The molecule has 0 saturated carbocycles. The summed E-state index contributed by atoms with van der Waals surface area (Å²) in [6.45, 7) is 7.47. The summed E-state index contributed by atoms with van der Waals surface area (Å²) in [6.07, 6.45) is 6.03. The highest BCUT2D eigenvalue weighted by Gasteiger charge is 2.58. The summed E-state index contributed by atoms with van der Waals surface area (Å²) in [5.41, 5.74) is 2.05. The van der Waals surface area contributed by atoms with E-state index in [-0.39, 0.29) is 11.4 Å². The number of ether oxygens (including phenoxy) is 3. The molecule has 0 unspecified atom stereocenters. The Morgan fingerprint density at radius 1 is 1.31 bits per heavy atom. The molecule has 0 aromatic carbocycles. The maximum Gasteiger partial charge on any atom is 0.315 e. The number of carbonyl (C=O) groups excluding carboxylic acids is 1. The summed E-state index contributed by atoms with van der Waals surface area (Å²) in [4.78, 5) is 13.0. The van der Waals surface area contributed by atoms with E-state index in [0.29, 0.717) is 38.4 Å². The Balaban J connectivity index is 1.79. The first kappa shape index (κ1) is 20.6. The maximum absolute atomic E-state index is 13.0. The van der Waals surface area contributed by atoms with Crippen LogP contribution >= 0.6 is 0 Å². The second-order valence-electron chi connectivity index (χ2n) is 9.38. The van der Waals surface area contributed by atoms with Crippen LogP contribution in [0.2, 0.25) is 0 Å². The number of esters is 1. The van der Waals surface area contributed by atoms with Crippen molar-refractivity contribution < 1.29 is 28.5 Å². The Morgan fingerprint density at radius 2 is 2.03 bits per heavy atom. The van der Waals surface area contributed by atoms with Gasteiger partial charge in [-0.25, -0.2) is 0 Å². The molecular weight excluding hydrogens is 372 g/mol. The first-order chi connectivity index (χ1) is 13.7. The van der Waals surface area contributed by atoms with Gasteiger partial charge in [-0.2, -0.15) is 0 Å². The fourth-order valence-corrected chi connectivity index (χ4v) is 5.80. The highest BCUT2D eigenvalue weighted by molar-refractivity contribution is 5.81. The van der Waals surface area contributed by atoms with Gasteiger partial charge in [0.2, 0.25) is 0 Å². The number of hydrogen-bond acceptors (Lipinski definition) is 6. The molecule has 3 aliphatic rings. The molecule has 0 radical (unpaired) electrons. The third-order valence-electron chi connectivity index (χ3n) is 7.70. The molecule has 2 heterocycles. The third kappa shape index (κ3) is 3.25. The van der Waals surface area contributed by atoms with E-state index in [1.54, 1.807) is 18.6 Å². The number of rotatable bonds is 4. The third-order valence-corrected chi connectivity index (χ3v) is 7.70. The second kappa shape index (κ2) is 7.25. The van der Waals surface area contributed by atoms with E-state index in [0.717, 1.165) is 24.0 Å². The van der Waals surface area contributed by atoms with Gasteiger partial charge < -0.3 is 23.7 Å². The summed E-state index contributed by atoms with van der Waals surface area (Å²) in [6, 6.07) is 1.81. The Hall–Kier alpha value is -1.63.